The van der Waals surface area contributed by atoms with Crippen molar-refractivity contribution in [1.29, 1.82) is 0 Å². The number of rotatable bonds is 3. The first-order chi connectivity index (χ1) is 9.38. The van der Waals surface area contributed by atoms with E-state index >= 15 is 0 Å². The maximum absolute atomic E-state index is 12.7. The molecule has 2 N–H and O–H groups in total. The van der Waals surface area contributed by atoms with Crippen molar-refractivity contribution < 1.29 is 18.0 Å². The molecule has 0 saturated heterocycles. The van der Waals surface area contributed by atoms with Crippen LogP contribution in [0.25, 0.3) is 0 Å². The van der Waals surface area contributed by atoms with E-state index in [1.807, 2.05) is 20.8 Å². The van der Waals surface area contributed by atoms with Crippen LogP contribution in [0, 0.1) is 0 Å². The molecule has 7 heteroatoms. The normalized spacial score (nSPS) is 13.7. The van der Waals surface area contributed by atoms with Crippen molar-refractivity contribution in [3.63, 3.8) is 0 Å². The van der Waals surface area contributed by atoms with E-state index in [0.717, 1.165) is 12.1 Å². The number of nitrogens with one attached hydrogen (secondary N) is 2. The van der Waals surface area contributed by atoms with Gasteiger partial charge in [0.1, 0.15) is 6.04 Å². The SMILES string of the molecule is CC(Nc1cc(Cl)cc(C(F)(F)F)c1)C(=O)NC(C)(C)C. The summed E-state index contributed by atoms with van der Waals surface area (Å²) in [5, 5.41) is 5.42. The van der Waals surface area contributed by atoms with Gasteiger partial charge in [0.2, 0.25) is 5.91 Å². The summed E-state index contributed by atoms with van der Waals surface area (Å²) in [4.78, 5) is 11.9. The number of hydrogen-bond donors (Lipinski definition) is 2. The minimum absolute atomic E-state index is 0.0456. The maximum Gasteiger partial charge on any atom is 0.416 e. The predicted octanol–water partition coefficient (Wildman–Crippen LogP) is 4.07. The molecular formula is C14H18ClF3N2O. The molecule has 0 spiro atoms. The molecule has 0 aliphatic carbocycles. The van der Waals surface area contributed by atoms with Crippen LogP contribution in [-0.4, -0.2) is 17.5 Å². The van der Waals surface area contributed by atoms with E-state index in [9.17, 15) is 18.0 Å². The van der Waals surface area contributed by atoms with Crippen LogP contribution in [0.3, 0.4) is 0 Å². The van der Waals surface area contributed by atoms with E-state index < -0.39 is 23.3 Å². The molecule has 0 saturated carbocycles. The Hall–Kier alpha value is -1.43. The molecule has 3 nitrogen and oxygen atoms in total. The van der Waals surface area contributed by atoms with E-state index in [0.29, 0.717) is 0 Å². The number of carbonyl (C=O) groups excluding carboxylic acids is 1. The fourth-order valence-corrected chi connectivity index (χ4v) is 1.87. The number of halogens is 4. The molecule has 1 aromatic rings. The number of amides is 1. The molecule has 21 heavy (non-hydrogen) atoms. The third kappa shape index (κ3) is 5.83. The van der Waals surface area contributed by atoms with Crippen LogP contribution in [0.5, 0.6) is 0 Å². The molecule has 0 aliphatic heterocycles. The molecule has 1 amide bonds. The monoisotopic (exact) mass is 322 g/mol. The zero-order chi connectivity index (χ0) is 16.4. The quantitative estimate of drug-likeness (QED) is 0.880. The van der Waals surface area contributed by atoms with Gasteiger partial charge in [-0.15, -0.1) is 0 Å². The van der Waals surface area contributed by atoms with Gasteiger partial charge >= 0.3 is 6.18 Å². The Morgan fingerprint density at radius 3 is 2.24 bits per heavy atom. The van der Waals surface area contributed by atoms with Crippen molar-refractivity contribution >= 4 is 23.2 Å². The standard InChI is InChI=1S/C14H18ClF3N2O/c1-8(12(21)20-13(2,3)4)19-11-6-9(14(16,17)18)5-10(15)7-11/h5-8,19H,1-4H3,(H,20,21). The minimum Gasteiger partial charge on any atom is -0.374 e. The number of benzene rings is 1. The van der Waals surface area contributed by atoms with Crippen molar-refractivity contribution in [1.82, 2.24) is 5.32 Å². The summed E-state index contributed by atoms with van der Waals surface area (Å²) in [6, 6.07) is 2.42. The lowest BCUT2D eigenvalue weighted by Crippen LogP contribution is -2.47. The topological polar surface area (TPSA) is 41.1 Å². The molecule has 0 radical (unpaired) electrons. The van der Waals surface area contributed by atoms with E-state index in [-0.39, 0.29) is 16.6 Å². The molecular weight excluding hydrogens is 305 g/mol. The molecule has 0 aliphatic rings. The maximum atomic E-state index is 12.7. The summed E-state index contributed by atoms with van der Waals surface area (Å²) in [6.07, 6.45) is -4.49. The lowest BCUT2D eigenvalue weighted by Gasteiger charge is -2.24. The second kappa shape index (κ2) is 6.13. The zero-order valence-electron chi connectivity index (χ0n) is 12.2. The van der Waals surface area contributed by atoms with E-state index in [1.54, 1.807) is 6.92 Å². The van der Waals surface area contributed by atoms with Crippen LogP contribution in [-0.2, 0) is 11.0 Å². The van der Waals surface area contributed by atoms with Crippen molar-refractivity contribution in [2.45, 2.75) is 45.5 Å². The van der Waals surface area contributed by atoms with Gasteiger partial charge in [-0.3, -0.25) is 4.79 Å². The average molecular weight is 323 g/mol. The Kier molecular flexibility index (Phi) is 5.15. The molecule has 1 rings (SSSR count). The summed E-state index contributed by atoms with van der Waals surface area (Å²) in [6.45, 7) is 7.02. The van der Waals surface area contributed by atoms with Gasteiger partial charge in [0.25, 0.3) is 0 Å². The first kappa shape index (κ1) is 17.6. The van der Waals surface area contributed by atoms with Crippen LogP contribution in [0.1, 0.15) is 33.3 Å². The van der Waals surface area contributed by atoms with Gasteiger partial charge in [0.05, 0.1) is 5.56 Å². The van der Waals surface area contributed by atoms with Crippen LogP contribution in [0.15, 0.2) is 18.2 Å². The third-order valence-electron chi connectivity index (χ3n) is 2.50. The van der Waals surface area contributed by atoms with Crippen molar-refractivity contribution in [3.8, 4) is 0 Å². The van der Waals surface area contributed by atoms with Crippen LogP contribution in [0.4, 0.5) is 18.9 Å². The lowest BCUT2D eigenvalue weighted by atomic mass is 10.1. The Balaban J connectivity index is 2.88. The summed E-state index contributed by atoms with van der Waals surface area (Å²) >= 11 is 5.68. The van der Waals surface area contributed by atoms with Gasteiger partial charge in [0.15, 0.2) is 0 Å². The highest BCUT2D eigenvalue weighted by atomic mass is 35.5. The van der Waals surface area contributed by atoms with E-state index in [1.165, 1.54) is 6.07 Å². The van der Waals surface area contributed by atoms with Gasteiger partial charge in [-0.1, -0.05) is 11.6 Å². The second-order valence-electron chi connectivity index (χ2n) is 5.83. The van der Waals surface area contributed by atoms with Gasteiger partial charge in [-0.25, -0.2) is 0 Å². The van der Waals surface area contributed by atoms with E-state index in [2.05, 4.69) is 10.6 Å². The van der Waals surface area contributed by atoms with Gasteiger partial charge in [-0.05, 0) is 45.9 Å². The van der Waals surface area contributed by atoms with Gasteiger partial charge in [0, 0.05) is 16.2 Å². The third-order valence-corrected chi connectivity index (χ3v) is 2.72. The zero-order valence-corrected chi connectivity index (χ0v) is 13.0. The Morgan fingerprint density at radius 1 is 1.19 bits per heavy atom. The number of alkyl halides is 3. The summed E-state index contributed by atoms with van der Waals surface area (Å²) in [7, 11) is 0. The van der Waals surface area contributed by atoms with Crippen molar-refractivity contribution in [2.24, 2.45) is 0 Å². The fraction of sp³-hybridized carbons (Fsp3) is 0.500. The Morgan fingerprint density at radius 2 is 1.76 bits per heavy atom. The highest BCUT2D eigenvalue weighted by molar-refractivity contribution is 6.31. The molecule has 1 unspecified atom stereocenters. The first-order valence-corrected chi connectivity index (χ1v) is 6.72. The second-order valence-corrected chi connectivity index (χ2v) is 6.27. The molecule has 118 valence electrons. The molecule has 1 aromatic carbocycles. The predicted molar refractivity (Wildman–Crippen MR) is 77.4 cm³/mol. The smallest absolute Gasteiger partial charge is 0.374 e. The lowest BCUT2D eigenvalue weighted by molar-refractivity contribution is -0.137. The van der Waals surface area contributed by atoms with E-state index in [4.69, 9.17) is 11.6 Å². The molecule has 1 atom stereocenters. The number of carbonyl (C=O) groups is 1. The first-order valence-electron chi connectivity index (χ1n) is 6.35. The highest BCUT2D eigenvalue weighted by Gasteiger charge is 2.31. The largest absolute Gasteiger partial charge is 0.416 e. The fourth-order valence-electron chi connectivity index (χ4n) is 1.63. The van der Waals surface area contributed by atoms with Crippen molar-refractivity contribution in [3.05, 3.63) is 28.8 Å². The Labute approximate surface area is 126 Å². The van der Waals surface area contributed by atoms with Crippen LogP contribution in [0.2, 0.25) is 5.02 Å². The van der Waals surface area contributed by atoms with Gasteiger partial charge in [-0.2, -0.15) is 13.2 Å². The highest BCUT2D eigenvalue weighted by Crippen LogP contribution is 2.33. The summed E-state index contributed by atoms with van der Waals surface area (Å²) in [5.41, 5.74) is -1.13. The average Bonchev–Trinajstić information content (AvgIpc) is 2.24. The van der Waals surface area contributed by atoms with Crippen LogP contribution >= 0.6 is 11.6 Å². The summed E-state index contributed by atoms with van der Waals surface area (Å²) < 4.78 is 38.1. The molecule has 0 fully saturated rings. The number of hydrogen-bond acceptors (Lipinski definition) is 2. The molecule has 0 aromatic heterocycles. The van der Waals surface area contributed by atoms with Crippen LogP contribution < -0.4 is 10.6 Å². The Bertz CT molecular complexity index is 524. The van der Waals surface area contributed by atoms with Gasteiger partial charge < -0.3 is 10.6 Å². The number of anilines is 1. The molecule has 0 bridgehead atoms. The molecule has 0 heterocycles. The van der Waals surface area contributed by atoms with Crippen molar-refractivity contribution in [2.75, 3.05) is 5.32 Å². The summed E-state index contributed by atoms with van der Waals surface area (Å²) in [5.74, 6) is -0.309. The minimum atomic E-state index is -4.49.